The van der Waals surface area contributed by atoms with Gasteiger partial charge in [0.15, 0.2) is 4.77 Å². The van der Waals surface area contributed by atoms with Gasteiger partial charge in [-0.1, -0.05) is 13.8 Å². The van der Waals surface area contributed by atoms with Crippen molar-refractivity contribution in [1.29, 1.82) is 0 Å². The second kappa shape index (κ2) is 4.55. The molecule has 2 rings (SSSR count). The van der Waals surface area contributed by atoms with Gasteiger partial charge in [0.1, 0.15) is 0 Å². The summed E-state index contributed by atoms with van der Waals surface area (Å²) in [6.07, 6.45) is 2.02. The molecule has 86 valence electrons. The van der Waals surface area contributed by atoms with E-state index in [9.17, 15) is 0 Å². The van der Waals surface area contributed by atoms with Crippen LogP contribution in [0, 0.1) is 11.7 Å². The van der Waals surface area contributed by atoms with Gasteiger partial charge in [-0.3, -0.25) is 0 Å². The van der Waals surface area contributed by atoms with E-state index in [1.165, 1.54) is 16.8 Å². The Morgan fingerprint density at radius 3 is 2.75 bits per heavy atom. The molecule has 16 heavy (non-hydrogen) atoms. The third kappa shape index (κ3) is 2.13. The number of thiophene rings is 1. The summed E-state index contributed by atoms with van der Waals surface area (Å²) in [7, 11) is 0. The Labute approximate surface area is 105 Å². The molecule has 0 atom stereocenters. The third-order valence-electron chi connectivity index (χ3n) is 2.78. The molecule has 2 nitrogen and oxygen atoms in total. The summed E-state index contributed by atoms with van der Waals surface area (Å²) in [5.74, 6) is 0.492. The van der Waals surface area contributed by atoms with E-state index in [-0.39, 0.29) is 0 Å². The molecule has 0 amide bonds. The molecular weight excluding hydrogens is 236 g/mol. The Hall–Kier alpha value is -0.870. The lowest BCUT2D eigenvalue weighted by Gasteiger charge is -2.10. The van der Waals surface area contributed by atoms with Gasteiger partial charge < -0.3 is 9.55 Å². The highest BCUT2D eigenvalue weighted by Crippen LogP contribution is 2.19. The molecule has 0 spiro atoms. The van der Waals surface area contributed by atoms with Crippen LogP contribution in [0.2, 0.25) is 0 Å². The Morgan fingerprint density at radius 2 is 2.19 bits per heavy atom. The lowest BCUT2D eigenvalue weighted by molar-refractivity contribution is 0.684. The first-order chi connectivity index (χ1) is 7.59. The van der Waals surface area contributed by atoms with Crippen LogP contribution in [0.4, 0.5) is 0 Å². The maximum absolute atomic E-state index is 5.32. The minimum absolute atomic E-state index is 0.492. The van der Waals surface area contributed by atoms with E-state index in [4.69, 9.17) is 12.2 Å². The number of hydrogen-bond acceptors (Lipinski definition) is 2. The molecule has 0 aliphatic carbocycles. The van der Waals surface area contributed by atoms with Gasteiger partial charge in [0.2, 0.25) is 0 Å². The highest BCUT2D eigenvalue weighted by molar-refractivity contribution is 7.71. The van der Waals surface area contributed by atoms with Crippen molar-refractivity contribution < 1.29 is 0 Å². The maximum atomic E-state index is 5.32. The Bertz CT molecular complexity index is 531. The van der Waals surface area contributed by atoms with Crippen molar-refractivity contribution in [2.75, 3.05) is 0 Å². The molecule has 0 radical (unpaired) electrons. The number of imidazole rings is 1. The van der Waals surface area contributed by atoms with Crippen molar-refractivity contribution in [3.8, 4) is 0 Å². The number of nitrogens with zero attached hydrogens (tertiary/aromatic N) is 1. The van der Waals surface area contributed by atoms with Gasteiger partial charge >= 0.3 is 0 Å². The molecule has 2 aromatic rings. The number of aromatic nitrogens is 2. The van der Waals surface area contributed by atoms with Crippen LogP contribution in [-0.4, -0.2) is 9.55 Å². The van der Waals surface area contributed by atoms with E-state index in [0.717, 1.165) is 11.3 Å². The zero-order chi connectivity index (χ0) is 11.7. The van der Waals surface area contributed by atoms with E-state index in [1.807, 2.05) is 6.20 Å². The summed E-state index contributed by atoms with van der Waals surface area (Å²) < 4.78 is 3.00. The predicted octanol–water partition coefficient (Wildman–Crippen LogP) is 4.09. The Morgan fingerprint density at radius 1 is 1.44 bits per heavy atom. The molecule has 0 bridgehead atoms. The molecule has 1 N–H and O–H groups in total. The minimum Gasteiger partial charge on any atom is -0.337 e. The number of rotatable bonds is 3. The van der Waals surface area contributed by atoms with Gasteiger partial charge in [0, 0.05) is 11.9 Å². The second-order valence-corrected chi connectivity index (χ2v) is 5.47. The quantitative estimate of drug-likeness (QED) is 0.816. The topological polar surface area (TPSA) is 20.7 Å². The first kappa shape index (κ1) is 11.6. The smallest absolute Gasteiger partial charge is 0.177 e. The minimum atomic E-state index is 0.492. The van der Waals surface area contributed by atoms with Crippen molar-refractivity contribution in [1.82, 2.24) is 9.55 Å². The Balaban J connectivity index is 2.38. The third-order valence-corrected chi connectivity index (χ3v) is 4.03. The van der Waals surface area contributed by atoms with Gasteiger partial charge in [-0.05, 0) is 46.9 Å². The fraction of sp³-hybridized carbons (Fsp3) is 0.417. The fourth-order valence-corrected chi connectivity index (χ4v) is 2.85. The maximum Gasteiger partial charge on any atom is 0.177 e. The van der Waals surface area contributed by atoms with Gasteiger partial charge in [-0.15, -0.1) is 0 Å². The molecule has 0 aliphatic heterocycles. The number of nitrogens with one attached hydrogen (secondary N) is 1. The molecule has 0 aliphatic rings. The first-order valence-electron chi connectivity index (χ1n) is 5.39. The number of H-pyrrole nitrogens is 1. The lowest BCUT2D eigenvalue weighted by atomic mass is 10.1. The molecule has 0 fully saturated rings. The summed E-state index contributed by atoms with van der Waals surface area (Å²) in [6, 6.07) is 0. The molecule has 0 saturated heterocycles. The van der Waals surface area contributed by atoms with Crippen molar-refractivity contribution >= 4 is 23.6 Å². The van der Waals surface area contributed by atoms with Crippen molar-refractivity contribution in [3.63, 3.8) is 0 Å². The molecule has 0 aromatic carbocycles. The zero-order valence-corrected chi connectivity index (χ0v) is 11.4. The van der Waals surface area contributed by atoms with Crippen LogP contribution in [0.25, 0.3) is 0 Å². The van der Waals surface area contributed by atoms with Crippen LogP contribution >= 0.6 is 23.6 Å². The number of aryl methyl sites for hydroxylation is 1. The van der Waals surface area contributed by atoms with Crippen molar-refractivity contribution in [2.24, 2.45) is 0 Å². The van der Waals surface area contributed by atoms with E-state index in [2.05, 4.69) is 41.1 Å². The van der Waals surface area contributed by atoms with Gasteiger partial charge in [0.25, 0.3) is 0 Å². The van der Waals surface area contributed by atoms with E-state index in [0.29, 0.717) is 5.92 Å². The molecule has 2 heterocycles. The van der Waals surface area contributed by atoms with Gasteiger partial charge in [-0.2, -0.15) is 11.3 Å². The summed E-state index contributed by atoms with van der Waals surface area (Å²) in [4.78, 5) is 3.13. The fourth-order valence-electron chi connectivity index (χ4n) is 1.77. The van der Waals surface area contributed by atoms with E-state index >= 15 is 0 Å². The number of hydrogen-bond donors (Lipinski definition) is 1. The van der Waals surface area contributed by atoms with E-state index in [1.54, 1.807) is 11.3 Å². The summed E-state index contributed by atoms with van der Waals surface area (Å²) in [5, 5.41) is 4.38. The van der Waals surface area contributed by atoms with Crippen LogP contribution in [0.1, 0.15) is 36.6 Å². The van der Waals surface area contributed by atoms with Crippen LogP contribution in [0.5, 0.6) is 0 Å². The average molecular weight is 252 g/mol. The standard InChI is InChI=1S/C12H16N2S2/c1-8(2)11-4-13-12(15)14(11)5-10-7-16-6-9(10)3/h4,6-8H,5H2,1-3H3,(H,13,15). The largest absolute Gasteiger partial charge is 0.337 e. The lowest BCUT2D eigenvalue weighted by Crippen LogP contribution is -2.05. The van der Waals surface area contributed by atoms with Crippen LogP contribution in [-0.2, 0) is 6.54 Å². The van der Waals surface area contributed by atoms with E-state index < -0.39 is 0 Å². The predicted molar refractivity (Wildman–Crippen MR) is 71.9 cm³/mol. The Kier molecular flexibility index (Phi) is 3.30. The highest BCUT2D eigenvalue weighted by Gasteiger charge is 2.09. The van der Waals surface area contributed by atoms with Crippen LogP contribution in [0.15, 0.2) is 17.0 Å². The second-order valence-electron chi connectivity index (χ2n) is 4.34. The van der Waals surface area contributed by atoms with Crippen LogP contribution in [0.3, 0.4) is 0 Å². The molecular formula is C12H16N2S2. The summed E-state index contributed by atoms with van der Waals surface area (Å²) >= 11 is 7.07. The molecule has 0 unspecified atom stereocenters. The monoisotopic (exact) mass is 252 g/mol. The highest BCUT2D eigenvalue weighted by atomic mass is 32.1. The first-order valence-corrected chi connectivity index (χ1v) is 6.74. The summed E-state index contributed by atoms with van der Waals surface area (Å²) in [5.41, 5.74) is 3.99. The van der Waals surface area contributed by atoms with Crippen molar-refractivity contribution in [3.05, 3.63) is 38.5 Å². The zero-order valence-electron chi connectivity index (χ0n) is 9.78. The number of aromatic amines is 1. The van der Waals surface area contributed by atoms with Gasteiger partial charge in [0.05, 0.1) is 6.54 Å². The van der Waals surface area contributed by atoms with Crippen LogP contribution < -0.4 is 0 Å². The summed E-state index contributed by atoms with van der Waals surface area (Å²) in [6.45, 7) is 7.41. The SMILES string of the molecule is Cc1cscc1Cn1c(C(C)C)c[nH]c1=S. The van der Waals surface area contributed by atoms with Crippen molar-refractivity contribution in [2.45, 2.75) is 33.2 Å². The molecule has 2 aromatic heterocycles. The molecule has 0 saturated carbocycles. The average Bonchev–Trinajstić information content (AvgIpc) is 2.76. The van der Waals surface area contributed by atoms with Gasteiger partial charge in [-0.25, -0.2) is 0 Å². The normalized spacial score (nSPS) is 11.2. The molecule has 4 heteroatoms.